The number of nitrogens with one attached hydrogen (secondary N) is 1. The second-order valence-electron chi connectivity index (χ2n) is 4.79. The molecule has 126 valence electrons. The maximum absolute atomic E-state index is 11.8. The minimum absolute atomic E-state index is 0.0673. The number of nitro benzene ring substituents is 1. The molecule has 1 heterocycles. The van der Waals surface area contributed by atoms with Gasteiger partial charge in [0.25, 0.3) is 5.91 Å². The molecule has 0 fully saturated rings. The van der Waals surface area contributed by atoms with Crippen molar-refractivity contribution in [3.8, 4) is 5.75 Å². The Morgan fingerprint density at radius 2 is 2.21 bits per heavy atom. The van der Waals surface area contributed by atoms with Gasteiger partial charge in [-0.3, -0.25) is 25.0 Å². The van der Waals surface area contributed by atoms with Gasteiger partial charge in [0.15, 0.2) is 23.3 Å². The summed E-state index contributed by atoms with van der Waals surface area (Å²) in [5.41, 5.74) is -0.0952. The summed E-state index contributed by atoms with van der Waals surface area (Å²) in [6, 6.07) is 3.96. The second kappa shape index (κ2) is 8.16. The molecule has 0 radical (unpaired) electrons. The van der Waals surface area contributed by atoms with Crippen LogP contribution in [0.4, 0.5) is 10.8 Å². The Labute approximate surface area is 141 Å². The zero-order valence-corrected chi connectivity index (χ0v) is 13.7. The van der Waals surface area contributed by atoms with E-state index in [2.05, 4.69) is 10.3 Å². The summed E-state index contributed by atoms with van der Waals surface area (Å²) >= 11 is 1.25. The lowest BCUT2D eigenvalue weighted by Gasteiger charge is -2.08. The monoisotopic (exact) mass is 349 g/mol. The maximum atomic E-state index is 11.8. The van der Waals surface area contributed by atoms with E-state index < -0.39 is 17.4 Å². The Morgan fingerprint density at radius 3 is 2.83 bits per heavy atom. The topological polar surface area (TPSA) is 111 Å². The number of nitrogens with zero attached hydrogens (tertiary/aromatic N) is 2. The van der Waals surface area contributed by atoms with Gasteiger partial charge in [0.05, 0.1) is 4.92 Å². The summed E-state index contributed by atoms with van der Waals surface area (Å²) in [6.07, 6.45) is 2.51. The zero-order valence-electron chi connectivity index (χ0n) is 12.9. The van der Waals surface area contributed by atoms with Crippen molar-refractivity contribution in [2.75, 3.05) is 11.9 Å². The molecule has 0 bridgehead atoms. The summed E-state index contributed by atoms with van der Waals surface area (Å²) in [5, 5.41) is 15.8. The number of hydrogen-bond donors (Lipinski definition) is 1. The van der Waals surface area contributed by atoms with Crippen LogP contribution >= 0.6 is 11.3 Å². The first-order chi connectivity index (χ1) is 11.5. The zero-order chi connectivity index (χ0) is 17.5. The number of ether oxygens (including phenoxy) is 1. The molecule has 1 amide bonds. The fourth-order valence-corrected chi connectivity index (χ4v) is 2.46. The lowest BCUT2D eigenvalue weighted by molar-refractivity contribution is -0.385. The van der Waals surface area contributed by atoms with Crippen LogP contribution in [-0.4, -0.2) is 28.2 Å². The Morgan fingerprint density at radius 1 is 1.42 bits per heavy atom. The van der Waals surface area contributed by atoms with Crippen LogP contribution in [-0.2, 0) is 4.79 Å². The molecule has 0 aliphatic rings. The van der Waals surface area contributed by atoms with Gasteiger partial charge in [0.1, 0.15) is 0 Å². The normalized spacial score (nSPS) is 10.2. The van der Waals surface area contributed by atoms with E-state index in [4.69, 9.17) is 4.74 Å². The molecule has 0 saturated heterocycles. The first-order valence-electron chi connectivity index (χ1n) is 7.15. The predicted octanol–water partition coefficient (Wildman–Crippen LogP) is 3.05. The van der Waals surface area contributed by atoms with E-state index in [0.717, 1.165) is 0 Å². The summed E-state index contributed by atoms with van der Waals surface area (Å²) in [5.74, 6) is -0.721. The fourth-order valence-electron chi connectivity index (χ4n) is 1.91. The first-order valence-corrected chi connectivity index (χ1v) is 8.03. The molecule has 9 heteroatoms. The number of carbonyl (C=O) groups excluding carboxylic acids is 2. The van der Waals surface area contributed by atoms with E-state index in [1.807, 2.05) is 6.92 Å². The van der Waals surface area contributed by atoms with E-state index in [1.54, 1.807) is 5.38 Å². The highest BCUT2D eigenvalue weighted by Gasteiger charge is 2.19. The molecule has 0 atom stereocenters. The lowest BCUT2D eigenvalue weighted by Crippen LogP contribution is -2.20. The van der Waals surface area contributed by atoms with Crippen LogP contribution in [0, 0.1) is 10.1 Å². The van der Waals surface area contributed by atoms with Gasteiger partial charge in [-0.25, -0.2) is 4.98 Å². The molecular weight excluding hydrogens is 334 g/mol. The minimum atomic E-state index is -0.642. The van der Waals surface area contributed by atoms with Gasteiger partial charge < -0.3 is 4.74 Å². The lowest BCUT2D eigenvalue weighted by atomic mass is 10.1. The molecule has 1 aromatic heterocycles. The molecule has 0 aliphatic heterocycles. The van der Waals surface area contributed by atoms with Crippen LogP contribution in [0.5, 0.6) is 5.75 Å². The van der Waals surface area contributed by atoms with Gasteiger partial charge in [0, 0.05) is 29.6 Å². The van der Waals surface area contributed by atoms with Crippen LogP contribution in [0.1, 0.15) is 30.1 Å². The second-order valence-corrected chi connectivity index (χ2v) is 5.68. The highest BCUT2D eigenvalue weighted by molar-refractivity contribution is 7.13. The molecule has 0 aliphatic carbocycles. The molecule has 1 N–H and O–H groups in total. The third-order valence-electron chi connectivity index (χ3n) is 2.99. The van der Waals surface area contributed by atoms with E-state index in [-0.39, 0.29) is 22.8 Å². The summed E-state index contributed by atoms with van der Waals surface area (Å²) in [6.45, 7) is 1.45. The molecule has 1 aromatic carbocycles. The third kappa shape index (κ3) is 4.59. The highest BCUT2D eigenvalue weighted by atomic mass is 32.1. The maximum Gasteiger partial charge on any atom is 0.311 e. The molecule has 0 saturated carbocycles. The smallest absolute Gasteiger partial charge is 0.311 e. The van der Waals surface area contributed by atoms with Crippen LogP contribution in [0.15, 0.2) is 29.8 Å². The van der Waals surface area contributed by atoms with Crippen molar-refractivity contribution in [2.45, 2.75) is 19.8 Å². The molecular formula is C15H15N3O5S. The molecule has 0 unspecified atom stereocenters. The Balaban J connectivity index is 2.07. The number of carbonyl (C=O) groups is 2. The fraction of sp³-hybridized carbons (Fsp3) is 0.267. The summed E-state index contributed by atoms with van der Waals surface area (Å²) in [4.78, 5) is 38.0. The van der Waals surface area contributed by atoms with Crippen LogP contribution in [0.2, 0.25) is 0 Å². The SMILES string of the molecule is CCCC(=O)c1ccc(OCC(=O)Nc2nccs2)c([N+](=O)[O-])c1. The molecule has 8 nitrogen and oxygen atoms in total. The van der Waals surface area contributed by atoms with Crippen molar-refractivity contribution in [3.05, 3.63) is 45.5 Å². The number of ketones is 1. The van der Waals surface area contributed by atoms with E-state index in [9.17, 15) is 19.7 Å². The quantitative estimate of drug-likeness (QED) is 0.445. The Bertz CT molecular complexity index is 746. The van der Waals surface area contributed by atoms with Crippen molar-refractivity contribution in [2.24, 2.45) is 0 Å². The average molecular weight is 349 g/mol. The first kappa shape index (κ1) is 17.5. The average Bonchev–Trinajstić information content (AvgIpc) is 3.05. The number of nitro groups is 1. The Kier molecular flexibility index (Phi) is 5.96. The number of rotatable bonds is 8. The minimum Gasteiger partial charge on any atom is -0.477 e. The summed E-state index contributed by atoms with van der Waals surface area (Å²) < 4.78 is 5.22. The number of Topliss-reactive ketones (excluding diaryl/α,β-unsaturated/α-hetero) is 1. The molecule has 0 spiro atoms. The van der Waals surface area contributed by atoms with Crippen molar-refractivity contribution in [3.63, 3.8) is 0 Å². The largest absolute Gasteiger partial charge is 0.477 e. The van der Waals surface area contributed by atoms with Gasteiger partial charge in [-0.05, 0) is 18.6 Å². The van der Waals surface area contributed by atoms with Gasteiger partial charge in [0.2, 0.25) is 0 Å². The number of anilines is 1. The third-order valence-corrected chi connectivity index (χ3v) is 3.68. The van der Waals surface area contributed by atoms with Crippen molar-refractivity contribution in [1.82, 2.24) is 4.98 Å². The number of aromatic nitrogens is 1. The number of thiazole rings is 1. The van der Waals surface area contributed by atoms with Gasteiger partial charge in [-0.2, -0.15) is 0 Å². The Hall–Kier alpha value is -2.81. The number of hydrogen-bond acceptors (Lipinski definition) is 7. The number of benzene rings is 1. The standard InChI is InChI=1S/C15H15N3O5S/c1-2-3-12(19)10-4-5-13(11(8-10)18(21)22)23-9-14(20)17-15-16-6-7-24-15/h4-8H,2-3,9H2,1H3,(H,16,17,20). The van der Waals surface area contributed by atoms with Crippen LogP contribution in [0.25, 0.3) is 0 Å². The highest BCUT2D eigenvalue weighted by Crippen LogP contribution is 2.28. The van der Waals surface area contributed by atoms with Gasteiger partial charge >= 0.3 is 5.69 Å². The van der Waals surface area contributed by atoms with Crippen molar-refractivity contribution in [1.29, 1.82) is 0 Å². The summed E-state index contributed by atoms with van der Waals surface area (Å²) in [7, 11) is 0. The number of amides is 1. The van der Waals surface area contributed by atoms with E-state index in [1.165, 1.54) is 35.7 Å². The van der Waals surface area contributed by atoms with Crippen molar-refractivity contribution < 1.29 is 19.2 Å². The predicted molar refractivity (Wildman–Crippen MR) is 88.6 cm³/mol. The molecule has 24 heavy (non-hydrogen) atoms. The van der Waals surface area contributed by atoms with Crippen LogP contribution < -0.4 is 10.1 Å². The van der Waals surface area contributed by atoms with Crippen molar-refractivity contribution >= 4 is 33.8 Å². The van der Waals surface area contributed by atoms with Gasteiger partial charge in [-0.15, -0.1) is 11.3 Å². The molecule has 2 aromatic rings. The molecule has 2 rings (SSSR count). The van der Waals surface area contributed by atoms with Gasteiger partial charge in [-0.1, -0.05) is 6.92 Å². The van der Waals surface area contributed by atoms with Crippen LogP contribution in [0.3, 0.4) is 0 Å². The van der Waals surface area contributed by atoms with E-state index in [0.29, 0.717) is 18.0 Å². The van der Waals surface area contributed by atoms with E-state index >= 15 is 0 Å².